The SMILES string of the molecule is Cc1ccc(-c2ccc(C)c(N3CCN(C(=O)NCSCc4c(C)noc4C)CC3)c2)cc1N1CCN(C(=O)COCc2c(C)noc2C)CC1. The standard InChI is InChI=1S/C38H49N7O5S/c1-25-7-9-31(19-35(25)42-11-15-44(16-12-42)37(46)22-48-21-33-27(3)40-49-29(33)5)32-10-8-26(2)36(20-32)43-13-17-45(18-14-43)38(47)39-24-51-23-34-28(4)41-50-30(34)6/h7-10,19-20H,11-18,21-24H2,1-6H3,(H,39,47). The molecule has 1 N–H and O–H groups in total. The van der Waals surface area contributed by atoms with E-state index in [-0.39, 0.29) is 18.5 Å². The molecule has 2 aromatic carbocycles. The lowest BCUT2D eigenvalue weighted by Gasteiger charge is -2.37. The summed E-state index contributed by atoms with van der Waals surface area (Å²) < 4.78 is 16.2. The van der Waals surface area contributed by atoms with Gasteiger partial charge in [-0.25, -0.2) is 4.79 Å². The molecule has 0 saturated carbocycles. The molecule has 12 nitrogen and oxygen atoms in total. The maximum Gasteiger partial charge on any atom is 0.318 e. The zero-order valence-electron chi connectivity index (χ0n) is 30.6. The molecule has 0 atom stereocenters. The second-order valence-corrected chi connectivity index (χ2v) is 14.4. The molecule has 3 amide bonds. The van der Waals surface area contributed by atoms with Gasteiger partial charge in [-0.15, -0.1) is 11.8 Å². The zero-order valence-corrected chi connectivity index (χ0v) is 31.4. The fraction of sp³-hybridized carbons (Fsp3) is 0.474. The highest BCUT2D eigenvalue weighted by molar-refractivity contribution is 7.98. The number of thioether (sulfide) groups is 1. The molecule has 13 heteroatoms. The molecule has 0 unspecified atom stereocenters. The summed E-state index contributed by atoms with van der Waals surface area (Å²) in [5, 5.41) is 11.0. The van der Waals surface area contributed by atoms with Crippen LogP contribution >= 0.6 is 11.8 Å². The first-order valence-electron chi connectivity index (χ1n) is 17.6. The Labute approximate surface area is 304 Å². The van der Waals surface area contributed by atoms with Crippen LogP contribution in [0.3, 0.4) is 0 Å². The van der Waals surface area contributed by atoms with E-state index in [4.69, 9.17) is 13.8 Å². The average Bonchev–Trinajstić information content (AvgIpc) is 3.64. The van der Waals surface area contributed by atoms with Crippen LogP contribution in [0.25, 0.3) is 11.1 Å². The van der Waals surface area contributed by atoms with Crippen molar-refractivity contribution in [1.29, 1.82) is 0 Å². The number of aromatic nitrogens is 2. The third-order valence-electron chi connectivity index (χ3n) is 10.0. The summed E-state index contributed by atoms with van der Waals surface area (Å²) in [4.78, 5) is 34.4. The quantitative estimate of drug-likeness (QED) is 0.152. The lowest BCUT2D eigenvalue weighted by molar-refractivity contribution is -0.136. The summed E-state index contributed by atoms with van der Waals surface area (Å²) in [5.41, 5.74) is 10.9. The van der Waals surface area contributed by atoms with Crippen molar-refractivity contribution >= 4 is 35.1 Å². The molecule has 0 spiro atoms. The van der Waals surface area contributed by atoms with Crippen LogP contribution in [0.1, 0.15) is 45.2 Å². The van der Waals surface area contributed by atoms with Gasteiger partial charge in [-0.2, -0.15) is 0 Å². The molecule has 2 fully saturated rings. The number of carbonyl (C=O) groups excluding carboxylic acids is 2. The van der Waals surface area contributed by atoms with Gasteiger partial charge in [0.2, 0.25) is 5.91 Å². The van der Waals surface area contributed by atoms with Crippen LogP contribution in [0, 0.1) is 41.5 Å². The van der Waals surface area contributed by atoms with Gasteiger partial charge in [0, 0.05) is 80.6 Å². The van der Waals surface area contributed by atoms with Crippen LogP contribution in [0.2, 0.25) is 0 Å². The fourth-order valence-corrected chi connectivity index (χ4v) is 7.68. The number of piperazine rings is 2. The molecular formula is C38H49N7O5S. The monoisotopic (exact) mass is 715 g/mol. The summed E-state index contributed by atoms with van der Waals surface area (Å²) in [6.07, 6.45) is 0. The molecular weight excluding hydrogens is 667 g/mol. The molecule has 4 heterocycles. The Balaban J connectivity index is 1.00. The molecule has 51 heavy (non-hydrogen) atoms. The van der Waals surface area contributed by atoms with Crippen molar-refractivity contribution in [2.75, 3.05) is 74.6 Å². The number of nitrogens with one attached hydrogen (secondary N) is 1. The van der Waals surface area contributed by atoms with Gasteiger partial charge < -0.3 is 38.7 Å². The Morgan fingerprint density at radius 2 is 1.24 bits per heavy atom. The smallest absolute Gasteiger partial charge is 0.318 e. The first-order valence-corrected chi connectivity index (χ1v) is 18.8. The Morgan fingerprint density at radius 1 is 0.725 bits per heavy atom. The number of ether oxygens (including phenoxy) is 1. The lowest BCUT2D eigenvalue weighted by Crippen LogP contribution is -2.52. The zero-order chi connectivity index (χ0) is 36.1. The predicted molar refractivity (Wildman–Crippen MR) is 200 cm³/mol. The van der Waals surface area contributed by atoms with Crippen molar-refractivity contribution in [3.05, 3.63) is 81.6 Å². The molecule has 0 aliphatic carbocycles. The summed E-state index contributed by atoms with van der Waals surface area (Å²) in [6, 6.07) is 13.3. The highest BCUT2D eigenvalue weighted by Crippen LogP contribution is 2.33. The van der Waals surface area contributed by atoms with Crippen molar-refractivity contribution in [1.82, 2.24) is 25.4 Å². The molecule has 272 valence electrons. The second kappa shape index (κ2) is 16.2. The van der Waals surface area contributed by atoms with Crippen LogP contribution in [0.4, 0.5) is 16.2 Å². The van der Waals surface area contributed by atoms with E-state index < -0.39 is 0 Å². The van der Waals surface area contributed by atoms with Crippen molar-refractivity contribution in [2.45, 2.75) is 53.9 Å². The number of nitrogens with zero attached hydrogens (tertiary/aromatic N) is 6. The number of rotatable bonds is 11. The third-order valence-corrected chi connectivity index (χ3v) is 10.9. The van der Waals surface area contributed by atoms with Crippen LogP contribution in [0.5, 0.6) is 0 Å². The van der Waals surface area contributed by atoms with Gasteiger partial charge in [-0.05, 0) is 75.9 Å². The molecule has 0 radical (unpaired) electrons. The van der Waals surface area contributed by atoms with Crippen molar-refractivity contribution in [3.8, 4) is 11.1 Å². The Morgan fingerprint density at radius 3 is 1.75 bits per heavy atom. The van der Waals surface area contributed by atoms with Gasteiger partial charge in [-0.3, -0.25) is 4.79 Å². The number of anilines is 2. The number of aryl methyl sites for hydroxylation is 6. The second-order valence-electron chi connectivity index (χ2n) is 13.4. The Bertz CT molecular complexity index is 1800. The van der Waals surface area contributed by atoms with E-state index >= 15 is 0 Å². The number of hydrogen-bond acceptors (Lipinski definition) is 10. The van der Waals surface area contributed by atoms with Gasteiger partial charge in [0.1, 0.15) is 18.1 Å². The molecule has 2 aliphatic rings. The third kappa shape index (κ3) is 8.53. The minimum absolute atomic E-state index is 0.00372. The highest BCUT2D eigenvalue weighted by atomic mass is 32.2. The maximum absolute atomic E-state index is 12.9. The summed E-state index contributed by atoms with van der Waals surface area (Å²) in [5.74, 6) is 2.86. The van der Waals surface area contributed by atoms with Crippen LogP contribution in [-0.4, -0.2) is 96.9 Å². The van der Waals surface area contributed by atoms with Gasteiger partial charge in [0.15, 0.2) is 0 Å². The minimum atomic E-state index is -0.0228. The fourth-order valence-electron chi connectivity index (χ4n) is 6.73. The van der Waals surface area contributed by atoms with Crippen LogP contribution in [0.15, 0.2) is 45.4 Å². The summed E-state index contributed by atoms with van der Waals surface area (Å²) in [6.45, 7) is 18.0. The molecule has 2 aliphatic heterocycles. The van der Waals surface area contributed by atoms with Crippen LogP contribution in [-0.2, 0) is 21.9 Å². The number of carbonyl (C=O) groups is 2. The number of benzene rings is 2. The van der Waals surface area contributed by atoms with Crippen LogP contribution < -0.4 is 15.1 Å². The van der Waals surface area contributed by atoms with E-state index in [1.165, 1.54) is 22.5 Å². The van der Waals surface area contributed by atoms with E-state index in [1.54, 1.807) is 11.8 Å². The number of amides is 3. The molecule has 6 rings (SSSR count). The average molecular weight is 716 g/mol. The van der Waals surface area contributed by atoms with Gasteiger partial charge in [0.05, 0.1) is 23.9 Å². The first-order chi connectivity index (χ1) is 24.6. The number of urea groups is 1. The first kappa shape index (κ1) is 36.3. The van der Waals surface area contributed by atoms with Gasteiger partial charge in [0.25, 0.3) is 0 Å². The lowest BCUT2D eigenvalue weighted by atomic mass is 9.99. The van der Waals surface area contributed by atoms with Gasteiger partial charge in [-0.1, -0.05) is 34.6 Å². The molecule has 2 saturated heterocycles. The molecule has 4 aromatic rings. The normalized spacial score (nSPS) is 15.1. The van der Waals surface area contributed by atoms with Crippen molar-refractivity contribution in [3.63, 3.8) is 0 Å². The highest BCUT2D eigenvalue weighted by Gasteiger charge is 2.25. The summed E-state index contributed by atoms with van der Waals surface area (Å²) >= 11 is 1.65. The van der Waals surface area contributed by atoms with E-state index in [0.717, 1.165) is 77.1 Å². The van der Waals surface area contributed by atoms with E-state index in [2.05, 4.69) is 75.7 Å². The van der Waals surface area contributed by atoms with Crippen molar-refractivity contribution < 1.29 is 23.4 Å². The van der Waals surface area contributed by atoms with Gasteiger partial charge >= 0.3 is 6.03 Å². The predicted octanol–water partition coefficient (Wildman–Crippen LogP) is 5.77. The Kier molecular flexibility index (Phi) is 11.6. The molecule has 2 aromatic heterocycles. The van der Waals surface area contributed by atoms with E-state index in [9.17, 15) is 9.59 Å². The Hall–Kier alpha value is -4.49. The number of hydrogen-bond donors (Lipinski definition) is 1. The van der Waals surface area contributed by atoms with E-state index in [0.29, 0.717) is 38.7 Å². The maximum atomic E-state index is 12.9. The van der Waals surface area contributed by atoms with Crippen molar-refractivity contribution in [2.24, 2.45) is 0 Å². The summed E-state index contributed by atoms with van der Waals surface area (Å²) in [7, 11) is 0. The largest absolute Gasteiger partial charge is 0.368 e. The van der Waals surface area contributed by atoms with E-state index in [1.807, 2.05) is 37.5 Å². The topological polar surface area (TPSA) is 120 Å². The minimum Gasteiger partial charge on any atom is -0.368 e. The molecule has 0 bridgehead atoms.